The zero-order valence-electron chi connectivity index (χ0n) is 13.8. The molecule has 1 aromatic carbocycles. The van der Waals surface area contributed by atoms with Gasteiger partial charge in [0, 0.05) is 18.9 Å². The molecule has 1 aromatic heterocycles. The maximum atomic E-state index is 12.0. The lowest BCUT2D eigenvalue weighted by atomic mass is 9.96. The highest BCUT2D eigenvalue weighted by Gasteiger charge is 2.12. The number of piperidine rings is 1. The second kappa shape index (κ2) is 9.45. The van der Waals surface area contributed by atoms with E-state index in [1.165, 1.54) is 12.8 Å². The predicted octanol–water partition coefficient (Wildman–Crippen LogP) is 2.34. The summed E-state index contributed by atoms with van der Waals surface area (Å²) in [7, 11) is 0. The van der Waals surface area contributed by atoms with E-state index in [0.717, 1.165) is 37.3 Å². The topological polar surface area (TPSA) is 59.0 Å². The van der Waals surface area contributed by atoms with Gasteiger partial charge in [-0.05, 0) is 62.0 Å². The van der Waals surface area contributed by atoms with Gasteiger partial charge in [0.2, 0.25) is 5.91 Å². The molecule has 5 nitrogen and oxygen atoms in total. The maximum Gasteiger partial charge on any atom is 0.224 e. The van der Waals surface area contributed by atoms with Crippen molar-refractivity contribution < 1.29 is 4.79 Å². The minimum atomic E-state index is 0. The van der Waals surface area contributed by atoms with Crippen molar-refractivity contribution in [2.75, 3.05) is 19.6 Å². The lowest BCUT2D eigenvalue weighted by Gasteiger charge is -2.22. The highest BCUT2D eigenvalue weighted by Crippen LogP contribution is 2.13. The predicted molar refractivity (Wildman–Crippen MR) is 97.7 cm³/mol. The lowest BCUT2D eigenvalue weighted by molar-refractivity contribution is -0.120. The van der Waals surface area contributed by atoms with E-state index in [1.54, 1.807) is 6.20 Å². The van der Waals surface area contributed by atoms with Gasteiger partial charge in [-0.15, -0.1) is 12.4 Å². The molecule has 3 rings (SSSR count). The first-order valence-corrected chi connectivity index (χ1v) is 8.37. The summed E-state index contributed by atoms with van der Waals surface area (Å²) in [6.07, 6.45) is 7.68. The van der Waals surface area contributed by atoms with Crippen LogP contribution in [0.2, 0.25) is 0 Å². The molecule has 2 aromatic rings. The zero-order valence-corrected chi connectivity index (χ0v) is 14.6. The number of nitrogens with zero attached hydrogens (tertiary/aromatic N) is 2. The van der Waals surface area contributed by atoms with Crippen molar-refractivity contribution in [3.8, 4) is 5.69 Å². The van der Waals surface area contributed by atoms with Gasteiger partial charge in [0.05, 0.1) is 12.1 Å². The van der Waals surface area contributed by atoms with Gasteiger partial charge in [0.1, 0.15) is 0 Å². The summed E-state index contributed by atoms with van der Waals surface area (Å²) in [6, 6.07) is 9.85. The van der Waals surface area contributed by atoms with Crippen molar-refractivity contribution in [2.24, 2.45) is 5.92 Å². The summed E-state index contributed by atoms with van der Waals surface area (Å²) in [5.41, 5.74) is 2.03. The van der Waals surface area contributed by atoms with Gasteiger partial charge in [-0.2, -0.15) is 5.10 Å². The number of halogens is 1. The van der Waals surface area contributed by atoms with E-state index in [2.05, 4.69) is 15.7 Å². The summed E-state index contributed by atoms with van der Waals surface area (Å²) < 4.78 is 1.81. The standard InChI is InChI=1S/C18H24N4O.ClH/c23-18(20-11-8-16-3-1-9-19-14-16)13-15-4-6-17(7-5-15)22-12-2-10-21-22;/h2,4-7,10,12,16,19H,1,3,8-9,11,13-14H2,(H,20,23);1H. The van der Waals surface area contributed by atoms with Gasteiger partial charge in [0.15, 0.2) is 0 Å². The van der Waals surface area contributed by atoms with E-state index in [-0.39, 0.29) is 18.3 Å². The van der Waals surface area contributed by atoms with Crippen molar-refractivity contribution in [3.63, 3.8) is 0 Å². The molecule has 2 N–H and O–H groups in total. The van der Waals surface area contributed by atoms with Crippen LogP contribution in [0.25, 0.3) is 5.69 Å². The number of carbonyl (C=O) groups excluding carboxylic acids is 1. The van der Waals surface area contributed by atoms with Crippen molar-refractivity contribution >= 4 is 18.3 Å². The average molecular weight is 349 g/mol. The summed E-state index contributed by atoms with van der Waals surface area (Å²) in [6.45, 7) is 3.00. The van der Waals surface area contributed by atoms with E-state index >= 15 is 0 Å². The third-order valence-electron chi connectivity index (χ3n) is 4.34. The number of amides is 1. The molecular formula is C18H25ClN4O. The molecule has 0 spiro atoms. The molecule has 1 fully saturated rings. The summed E-state index contributed by atoms with van der Waals surface area (Å²) >= 11 is 0. The number of nitrogens with one attached hydrogen (secondary N) is 2. The number of rotatable bonds is 6. The van der Waals surface area contributed by atoms with Crippen molar-refractivity contribution in [3.05, 3.63) is 48.3 Å². The van der Waals surface area contributed by atoms with Crippen LogP contribution in [-0.4, -0.2) is 35.3 Å². The smallest absolute Gasteiger partial charge is 0.224 e. The Morgan fingerprint density at radius 3 is 2.83 bits per heavy atom. The van der Waals surface area contributed by atoms with Gasteiger partial charge in [-0.3, -0.25) is 4.79 Å². The molecule has 130 valence electrons. The lowest BCUT2D eigenvalue weighted by Crippen LogP contribution is -2.33. The molecule has 24 heavy (non-hydrogen) atoms. The fraction of sp³-hybridized carbons (Fsp3) is 0.444. The van der Waals surface area contributed by atoms with E-state index < -0.39 is 0 Å². The first kappa shape index (κ1) is 18.5. The van der Waals surface area contributed by atoms with Gasteiger partial charge >= 0.3 is 0 Å². The van der Waals surface area contributed by atoms with Crippen LogP contribution in [0, 0.1) is 5.92 Å². The van der Waals surface area contributed by atoms with Gasteiger partial charge in [-0.25, -0.2) is 4.68 Å². The Bertz CT molecular complexity index is 606. The number of carbonyl (C=O) groups is 1. The van der Waals surface area contributed by atoms with Crippen LogP contribution in [0.1, 0.15) is 24.8 Å². The molecule has 0 saturated carbocycles. The van der Waals surface area contributed by atoms with Crippen LogP contribution >= 0.6 is 12.4 Å². The Balaban J connectivity index is 0.00000208. The molecule has 1 atom stereocenters. The first-order chi connectivity index (χ1) is 11.3. The maximum absolute atomic E-state index is 12.0. The van der Waals surface area contributed by atoms with E-state index in [9.17, 15) is 4.79 Å². The minimum Gasteiger partial charge on any atom is -0.356 e. The largest absolute Gasteiger partial charge is 0.356 e. The van der Waals surface area contributed by atoms with Crippen molar-refractivity contribution in [2.45, 2.75) is 25.7 Å². The Morgan fingerprint density at radius 1 is 1.33 bits per heavy atom. The zero-order chi connectivity index (χ0) is 15.9. The molecule has 6 heteroatoms. The van der Waals surface area contributed by atoms with Crippen LogP contribution in [-0.2, 0) is 11.2 Å². The summed E-state index contributed by atoms with van der Waals surface area (Å²) in [4.78, 5) is 12.0. The van der Waals surface area contributed by atoms with Gasteiger partial charge in [-0.1, -0.05) is 12.1 Å². The molecule has 1 amide bonds. The van der Waals surface area contributed by atoms with Gasteiger partial charge in [0.25, 0.3) is 0 Å². The highest BCUT2D eigenvalue weighted by molar-refractivity contribution is 5.85. The molecule has 1 unspecified atom stereocenters. The monoisotopic (exact) mass is 348 g/mol. The van der Waals surface area contributed by atoms with Crippen LogP contribution in [0.4, 0.5) is 0 Å². The molecule has 1 aliphatic heterocycles. The third-order valence-corrected chi connectivity index (χ3v) is 4.34. The van der Waals surface area contributed by atoms with Crippen LogP contribution in [0.5, 0.6) is 0 Å². The fourth-order valence-electron chi connectivity index (χ4n) is 3.02. The number of aromatic nitrogens is 2. The Kier molecular flexibility index (Phi) is 7.28. The molecule has 0 bridgehead atoms. The van der Waals surface area contributed by atoms with E-state index in [4.69, 9.17) is 0 Å². The van der Waals surface area contributed by atoms with Crippen LogP contribution in [0.15, 0.2) is 42.7 Å². The normalized spacial score (nSPS) is 17.1. The van der Waals surface area contributed by atoms with Crippen LogP contribution < -0.4 is 10.6 Å². The molecule has 0 aliphatic carbocycles. The quantitative estimate of drug-likeness (QED) is 0.842. The SMILES string of the molecule is Cl.O=C(Cc1ccc(-n2cccn2)cc1)NCCC1CCCNC1. The second-order valence-electron chi connectivity index (χ2n) is 6.14. The minimum absolute atomic E-state index is 0. The van der Waals surface area contributed by atoms with E-state index in [0.29, 0.717) is 12.3 Å². The molecular weight excluding hydrogens is 324 g/mol. The highest BCUT2D eigenvalue weighted by atomic mass is 35.5. The van der Waals surface area contributed by atoms with Crippen molar-refractivity contribution in [1.29, 1.82) is 0 Å². The molecule has 2 heterocycles. The second-order valence-corrected chi connectivity index (χ2v) is 6.14. The molecule has 0 radical (unpaired) electrons. The number of hydrogen-bond donors (Lipinski definition) is 2. The Morgan fingerprint density at radius 2 is 2.17 bits per heavy atom. The number of hydrogen-bond acceptors (Lipinski definition) is 3. The van der Waals surface area contributed by atoms with Crippen LogP contribution in [0.3, 0.4) is 0 Å². The molecule has 1 aliphatic rings. The Labute approximate surface area is 149 Å². The summed E-state index contributed by atoms with van der Waals surface area (Å²) in [5.74, 6) is 0.804. The number of benzene rings is 1. The Hall–Kier alpha value is -1.85. The average Bonchev–Trinajstić information content (AvgIpc) is 3.11. The molecule has 1 saturated heterocycles. The third kappa shape index (κ3) is 5.35. The van der Waals surface area contributed by atoms with Gasteiger partial charge < -0.3 is 10.6 Å². The van der Waals surface area contributed by atoms with E-state index in [1.807, 2.05) is 41.2 Å². The van der Waals surface area contributed by atoms with Crippen molar-refractivity contribution in [1.82, 2.24) is 20.4 Å². The summed E-state index contributed by atoms with van der Waals surface area (Å²) in [5, 5.41) is 10.6. The fourth-order valence-corrected chi connectivity index (χ4v) is 3.02. The first-order valence-electron chi connectivity index (χ1n) is 8.37.